The van der Waals surface area contributed by atoms with Crippen molar-refractivity contribution < 1.29 is 9.53 Å². The fourth-order valence-corrected chi connectivity index (χ4v) is 2.74. The molecule has 23 heavy (non-hydrogen) atoms. The third-order valence-corrected chi connectivity index (χ3v) is 4.44. The van der Waals surface area contributed by atoms with Crippen molar-refractivity contribution in [3.8, 4) is 0 Å². The number of esters is 1. The van der Waals surface area contributed by atoms with Gasteiger partial charge in [0.1, 0.15) is 6.61 Å². The number of ether oxygens (including phenoxy) is 1. The summed E-state index contributed by atoms with van der Waals surface area (Å²) in [7, 11) is 3.96. The lowest BCUT2D eigenvalue weighted by atomic mass is 9.84. The molecule has 0 spiro atoms. The van der Waals surface area contributed by atoms with Gasteiger partial charge in [-0.05, 0) is 58.7 Å². The summed E-state index contributed by atoms with van der Waals surface area (Å²) < 4.78 is 5.41. The Balaban J connectivity index is 2.41. The first-order valence-corrected chi connectivity index (χ1v) is 8.73. The van der Waals surface area contributed by atoms with Crippen LogP contribution in [0.25, 0.3) is 0 Å². The second kappa shape index (κ2) is 9.71. The zero-order valence-electron chi connectivity index (χ0n) is 15.5. The lowest BCUT2D eigenvalue weighted by Crippen LogP contribution is -2.29. The number of hydrogen-bond donors (Lipinski definition) is 0. The minimum atomic E-state index is -0.401. The van der Waals surface area contributed by atoms with Crippen LogP contribution >= 0.6 is 0 Å². The van der Waals surface area contributed by atoms with E-state index in [9.17, 15) is 4.79 Å². The summed E-state index contributed by atoms with van der Waals surface area (Å²) in [6.07, 6.45) is 4.17. The van der Waals surface area contributed by atoms with Crippen molar-refractivity contribution in [1.29, 1.82) is 0 Å². The quantitative estimate of drug-likeness (QED) is 0.595. The van der Waals surface area contributed by atoms with Gasteiger partial charge in [0, 0.05) is 6.54 Å². The molecule has 0 aliphatic rings. The van der Waals surface area contributed by atoms with Gasteiger partial charge in [0.05, 0.1) is 5.41 Å². The Morgan fingerprint density at radius 3 is 2.43 bits per heavy atom. The summed E-state index contributed by atoms with van der Waals surface area (Å²) in [5, 5.41) is 0. The molecule has 1 aromatic rings. The van der Waals surface area contributed by atoms with E-state index in [0.717, 1.165) is 32.2 Å². The average molecular weight is 319 g/mol. The fourth-order valence-electron chi connectivity index (χ4n) is 2.74. The van der Waals surface area contributed by atoms with Gasteiger partial charge < -0.3 is 9.64 Å². The Labute approximate surface area is 142 Å². The van der Waals surface area contributed by atoms with Gasteiger partial charge in [-0.2, -0.15) is 0 Å². The Morgan fingerprint density at radius 1 is 1.22 bits per heavy atom. The molecule has 1 aromatic carbocycles. The second-order valence-corrected chi connectivity index (χ2v) is 7.23. The Hall–Kier alpha value is -1.35. The Bertz CT molecular complexity index is 454. The lowest BCUT2D eigenvalue weighted by molar-refractivity contribution is -0.154. The van der Waals surface area contributed by atoms with Crippen molar-refractivity contribution in [3.63, 3.8) is 0 Å². The van der Waals surface area contributed by atoms with E-state index in [1.807, 2.05) is 32.8 Å². The van der Waals surface area contributed by atoms with Crippen molar-refractivity contribution in [2.45, 2.75) is 52.4 Å². The highest BCUT2D eigenvalue weighted by atomic mass is 16.5. The summed E-state index contributed by atoms with van der Waals surface area (Å²) >= 11 is 0. The van der Waals surface area contributed by atoms with E-state index in [1.165, 1.54) is 5.56 Å². The number of hydrogen-bond acceptors (Lipinski definition) is 3. The number of nitrogens with zero attached hydrogens (tertiary/aromatic N) is 1. The van der Waals surface area contributed by atoms with E-state index >= 15 is 0 Å². The number of rotatable bonds is 10. The normalized spacial score (nSPS) is 13.1. The monoisotopic (exact) mass is 319 g/mol. The molecule has 0 heterocycles. The molecule has 0 saturated carbocycles. The van der Waals surface area contributed by atoms with Crippen LogP contribution in [0.5, 0.6) is 0 Å². The van der Waals surface area contributed by atoms with Crippen LogP contribution in [-0.4, -0.2) is 38.1 Å². The SMILES string of the molecule is CCC(CCCC(C)(C)C(=O)OCCN(C)C)c1ccccc1. The maximum Gasteiger partial charge on any atom is 0.311 e. The molecule has 1 atom stereocenters. The van der Waals surface area contributed by atoms with Gasteiger partial charge in [0.25, 0.3) is 0 Å². The largest absolute Gasteiger partial charge is 0.464 e. The highest BCUT2D eigenvalue weighted by Crippen LogP contribution is 2.30. The molecule has 0 amide bonds. The molecule has 1 rings (SSSR count). The molecule has 0 aromatic heterocycles. The molecular formula is C20H33NO2. The van der Waals surface area contributed by atoms with Gasteiger partial charge in [-0.25, -0.2) is 0 Å². The molecule has 3 heteroatoms. The first-order valence-electron chi connectivity index (χ1n) is 8.73. The van der Waals surface area contributed by atoms with Gasteiger partial charge >= 0.3 is 5.97 Å². The molecule has 0 aliphatic heterocycles. The Kier molecular flexibility index (Phi) is 8.32. The molecule has 0 radical (unpaired) electrons. The Morgan fingerprint density at radius 2 is 1.87 bits per heavy atom. The van der Waals surface area contributed by atoms with Crippen LogP contribution in [0.4, 0.5) is 0 Å². The third kappa shape index (κ3) is 7.17. The summed E-state index contributed by atoms with van der Waals surface area (Å²) in [4.78, 5) is 14.2. The van der Waals surface area contributed by atoms with Crippen LogP contribution in [0.3, 0.4) is 0 Å². The van der Waals surface area contributed by atoms with E-state index in [-0.39, 0.29) is 5.97 Å². The molecular weight excluding hydrogens is 286 g/mol. The zero-order valence-corrected chi connectivity index (χ0v) is 15.5. The van der Waals surface area contributed by atoms with Crippen LogP contribution in [0, 0.1) is 5.41 Å². The van der Waals surface area contributed by atoms with Gasteiger partial charge in [-0.3, -0.25) is 4.79 Å². The van der Waals surface area contributed by atoms with Crippen LogP contribution in [-0.2, 0) is 9.53 Å². The number of carbonyl (C=O) groups is 1. The maximum atomic E-state index is 12.2. The first kappa shape index (κ1) is 19.7. The highest BCUT2D eigenvalue weighted by Gasteiger charge is 2.29. The van der Waals surface area contributed by atoms with Crippen molar-refractivity contribution in [2.75, 3.05) is 27.2 Å². The van der Waals surface area contributed by atoms with E-state index in [4.69, 9.17) is 4.74 Å². The van der Waals surface area contributed by atoms with Crippen LogP contribution in [0.2, 0.25) is 0 Å². The van der Waals surface area contributed by atoms with Gasteiger partial charge in [0.15, 0.2) is 0 Å². The van der Waals surface area contributed by atoms with E-state index < -0.39 is 5.41 Å². The van der Waals surface area contributed by atoms with E-state index in [0.29, 0.717) is 12.5 Å². The van der Waals surface area contributed by atoms with Gasteiger partial charge in [-0.15, -0.1) is 0 Å². The predicted octanol–water partition coefficient (Wildman–Crippen LogP) is 4.48. The van der Waals surface area contributed by atoms with Crippen LogP contribution in [0.15, 0.2) is 30.3 Å². The molecule has 0 bridgehead atoms. The molecule has 0 N–H and O–H groups in total. The molecule has 1 unspecified atom stereocenters. The first-order chi connectivity index (χ1) is 10.9. The third-order valence-electron chi connectivity index (χ3n) is 4.44. The smallest absolute Gasteiger partial charge is 0.311 e. The molecule has 0 fully saturated rings. The van der Waals surface area contributed by atoms with Crippen LogP contribution < -0.4 is 0 Å². The highest BCUT2D eigenvalue weighted by molar-refractivity contribution is 5.75. The summed E-state index contributed by atoms with van der Waals surface area (Å²) in [6, 6.07) is 10.7. The van der Waals surface area contributed by atoms with Crippen LogP contribution in [0.1, 0.15) is 57.9 Å². The lowest BCUT2D eigenvalue weighted by Gasteiger charge is -2.24. The zero-order chi connectivity index (χ0) is 17.3. The fraction of sp³-hybridized carbons (Fsp3) is 0.650. The topological polar surface area (TPSA) is 29.5 Å². The number of likely N-dealkylation sites (N-methyl/N-ethyl adjacent to an activating group) is 1. The summed E-state index contributed by atoms with van der Waals surface area (Å²) in [6.45, 7) is 7.46. The number of benzene rings is 1. The van der Waals surface area contributed by atoms with Gasteiger partial charge in [0.2, 0.25) is 0 Å². The van der Waals surface area contributed by atoms with Crippen molar-refractivity contribution in [3.05, 3.63) is 35.9 Å². The van der Waals surface area contributed by atoms with Crippen molar-refractivity contribution in [2.24, 2.45) is 5.41 Å². The molecule has 0 saturated heterocycles. The molecule has 0 aliphatic carbocycles. The van der Waals surface area contributed by atoms with E-state index in [2.05, 4.69) is 37.3 Å². The summed E-state index contributed by atoms with van der Waals surface area (Å²) in [5.74, 6) is 0.504. The van der Waals surface area contributed by atoms with Gasteiger partial charge in [-0.1, -0.05) is 43.7 Å². The molecule has 3 nitrogen and oxygen atoms in total. The van der Waals surface area contributed by atoms with Crippen molar-refractivity contribution >= 4 is 5.97 Å². The predicted molar refractivity (Wildman–Crippen MR) is 96.6 cm³/mol. The standard InChI is InChI=1S/C20H33NO2/c1-6-17(18-11-8-7-9-12-18)13-10-14-20(2,3)19(22)23-16-15-21(4)5/h7-9,11-12,17H,6,10,13-16H2,1-5H3. The maximum absolute atomic E-state index is 12.2. The minimum Gasteiger partial charge on any atom is -0.464 e. The van der Waals surface area contributed by atoms with Crippen molar-refractivity contribution in [1.82, 2.24) is 4.90 Å². The second-order valence-electron chi connectivity index (χ2n) is 7.23. The molecule has 130 valence electrons. The van der Waals surface area contributed by atoms with E-state index in [1.54, 1.807) is 0 Å². The number of carbonyl (C=O) groups excluding carboxylic acids is 1. The summed E-state index contributed by atoms with van der Waals surface area (Å²) in [5.41, 5.74) is 1.00. The average Bonchev–Trinajstić information content (AvgIpc) is 2.52. The minimum absolute atomic E-state index is 0.0768.